The monoisotopic (exact) mass is 239 g/mol. The third kappa shape index (κ3) is 3.43. The van der Waals surface area contributed by atoms with Gasteiger partial charge in [-0.25, -0.2) is 0 Å². The molecule has 0 amide bonds. The molecule has 0 saturated carbocycles. The van der Waals surface area contributed by atoms with Crippen molar-refractivity contribution in [2.24, 2.45) is 11.7 Å². The van der Waals surface area contributed by atoms with E-state index < -0.39 is 0 Å². The summed E-state index contributed by atoms with van der Waals surface area (Å²) >= 11 is 0. The summed E-state index contributed by atoms with van der Waals surface area (Å²) < 4.78 is 0. The molecule has 3 heteroatoms. The number of rotatable bonds is 4. The molecule has 2 heterocycles. The molecule has 2 N–H and O–H groups in total. The Labute approximate surface area is 106 Å². The fraction of sp³-hybridized carbons (Fsp3) is 1.00. The molecule has 0 aromatic heterocycles. The Balaban J connectivity index is 1.82. The van der Waals surface area contributed by atoms with Crippen LogP contribution in [0.5, 0.6) is 0 Å². The predicted octanol–water partition coefficient (Wildman–Crippen LogP) is 1.53. The summed E-state index contributed by atoms with van der Waals surface area (Å²) in [6.07, 6.45) is 5.51. The standard InChI is InChI=1S/C14H29N3/c1-12(9-15)6-8-16-11-14-5-3-4-7-17(14)10-13(16)2/h12-14H,3-11,15H2,1-2H3. The van der Waals surface area contributed by atoms with Crippen LogP contribution in [0, 0.1) is 5.92 Å². The molecule has 0 aromatic rings. The third-order valence-corrected chi connectivity index (χ3v) is 4.63. The van der Waals surface area contributed by atoms with Crippen LogP contribution < -0.4 is 5.73 Å². The Bertz CT molecular complexity index is 232. The fourth-order valence-electron chi connectivity index (χ4n) is 3.23. The van der Waals surface area contributed by atoms with E-state index in [1.54, 1.807) is 0 Å². The molecule has 0 radical (unpaired) electrons. The number of nitrogens with two attached hydrogens (primary N) is 1. The first-order valence-corrected chi connectivity index (χ1v) is 7.39. The lowest BCUT2D eigenvalue weighted by Crippen LogP contribution is -2.58. The molecule has 2 rings (SSSR count). The van der Waals surface area contributed by atoms with Crippen LogP contribution in [0.4, 0.5) is 0 Å². The molecule has 0 aliphatic carbocycles. The van der Waals surface area contributed by atoms with E-state index in [1.165, 1.54) is 51.9 Å². The summed E-state index contributed by atoms with van der Waals surface area (Å²) in [4.78, 5) is 5.41. The average molecular weight is 239 g/mol. The van der Waals surface area contributed by atoms with Crippen LogP contribution in [-0.4, -0.2) is 54.6 Å². The van der Waals surface area contributed by atoms with Gasteiger partial charge in [0.05, 0.1) is 0 Å². The molecule has 2 saturated heterocycles. The van der Waals surface area contributed by atoms with Gasteiger partial charge >= 0.3 is 0 Å². The van der Waals surface area contributed by atoms with Crippen molar-refractivity contribution in [3.63, 3.8) is 0 Å². The number of piperazine rings is 1. The van der Waals surface area contributed by atoms with Crippen molar-refractivity contribution in [1.29, 1.82) is 0 Å². The Kier molecular flexibility index (Phi) is 4.83. The van der Waals surface area contributed by atoms with Crippen molar-refractivity contribution >= 4 is 0 Å². The van der Waals surface area contributed by atoms with Gasteiger partial charge in [-0.1, -0.05) is 13.3 Å². The van der Waals surface area contributed by atoms with Gasteiger partial charge in [0.1, 0.15) is 0 Å². The largest absolute Gasteiger partial charge is 0.330 e. The van der Waals surface area contributed by atoms with Crippen molar-refractivity contribution in [2.75, 3.05) is 32.7 Å². The maximum absolute atomic E-state index is 5.70. The lowest BCUT2D eigenvalue weighted by atomic mass is 9.96. The topological polar surface area (TPSA) is 32.5 Å². The van der Waals surface area contributed by atoms with Gasteiger partial charge in [-0.15, -0.1) is 0 Å². The number of fused-ring (bicyclic) bond motifs is 1. The van der Waals surface area contributed by atoms with Gasteiger partial charge in [0.15, 0.2) is 0 Å². The Morgan fingerprint density at radius 3 is 2.88 bits per heavy atom. The van der Waals surface area contributed by atoms with Gasteiger partial charge in [-0.2, -0.15) is 0 Å². The van der Waals surface area contributed by atoms with Crippen molar-refractivity contribution < 1.29 is 0 Å². The minimum atomic E-state index is 0.673. The molecule has 3 nitrogen and oxygen atoms in total. The maximum Gasteiger partial charge on any atom is 0.0223 e. The van der Waals surface area contributed by atoms with Crippen LogP contribution in [0.15, 0.2) is 0 Å². The summed E-state index contributed by atoms with van der Waals surface area (Å²) in [5, 5.41) is 0. The van der Waals surface area contributed by atoms with Gasteiger partial charge in [0, 0.05) is 25.2 Å². The zero-order valence-electron chi connectivity index (χ0n) is 11.6. The quantitative estimate of drug-likeness (QED) is 0.807. The van der Waals surface area contributed by atoms with Gasteiger partial charge in [0.25, 0.3) is 0 Å². The molecule has 0 aromatic carbocycles. The first kappa shape index (κ1) is 13.3. The second kappa shape index (κ2) is 6.17. The molecule has 2 aliphatic rings. The Hall–Kier alpha value is -0.120. The summed E-state index contributed by atoms with van der Waals surface area (Å²) in [5.74, 6) is 0.673. The lowest BCUT2D eigenvalue weighted by molar-refractivity contribution is 0.0133. The molecule has 0 bridgehead atoms. The predicted molar refractivity (Wildman–Crippen MR) is 73.1 cm³/mol. The molecule has 2 aliphatic heterocycles. The highest BCUT2D eigenvalue weighted by Gasteiger charge is 2.32. The molecule has 3 atom stereocenters. The first-order valence-electron chi connectivity index (χ1n) is 7.39. The lowest BCUT2D eigenvalue weighted by Gasteiger charge is -2.47. The zero-order valence-corrected chi connectivity index (χ0v) is 11.6. The minimum absolute atomic E-state index is 0.673. The summed E-state index contributed by atoms with van der Waals surface area (Å²) in [5.41, 5.74) is 5.70. The van der Waals surface area contributed by atoms with E-state index >= 15 is 0 Å². The second-order valence-corrected chi connectivity index (χ2v) is 6.12. The van der Waals surface area contributed by atoms with Gasteiger partial charge in [-0.3, -0.25) is 9.80 Å². The van der Waals surface area contributed by atoms with Gasteiger partial charge in [0.2, 0.25) is 0 Å². The number of nitrogens with zero attached hydrogens (tertiary/aromatic N) is 2. The normalized spacial score (nSPS) is 33.4. The molecule has 2 fully saturated rings. The van der Waals surface area contributed by atoms with E-state index in [1.807, 2.05) is 0 Å². The Morgan fingerprint density at radius 1 is 1.29 bits per heavy atom. The molecular formula is C14H29N3. The highest BCUT2D eigenvalue weighted by atomic mass is 15.3. The molecule has 17 heavy (non-hydrogen) atoms. The fourth-order valence-corrected chi connectivity index (χ4v) is 3.23. The van der Waals surface area contributed by atoms with Crippen LogP contribution in [0.25, 0.3) is 0 Å². The van der Waals surface area contributed by atoms with E-state index in [9.17, 15) is 0 Å². The number of piperidine rings is 1. The van der Waals surface area contributed by atoms with Crippen molar-refractivity contribution in [2.45, 2.75) is 51.6 Å². The van der Waals surface area contributed by atoms with Crippen molar-refractivity contribution in [3.8, 4) is 0 Å². The van der Waals surface area contributed by atoms with E-state index in [0.29, 0.717) is 5.92 Å². The smallest absolute Gasteiger partial charge is 0.0223 e. The second-order valence-electron chi connectivity index (χ2n) is 6.12. The van der Waals surface area contributed by atoms with E-state index in [0.717, 1.165) is 18.6 Å². The van der Waals surface area contributed by atoms with E-state index in [-0.39, 0.29) is 0 Å². The highest BCUT2D eigenvalue weighted by molar-refractivity contribution is 4.89. The highest BCUT2D eigenvalue weighted by Crippen LogP contribution is 2.24. The Morgan fingerprint density at radius 2 is 2.12 bits per heavy atom. The molecule has 0 spiro atoms. The van der Waals surface area contributed by atoms with Crippen molar-refractivity contribution in [1.82, 2.24) is 9.80 Å². The third-order valence-electron chi connectivity index (χ3n) is 4.63. The first-order chi connectivity index (χ1) is 8.20. The zero-order chi connectivity index (χ0) is 12.3. The van der Waals surface area contributed by atoms with Crippen molar-refractivity contribution in [3.05, 3.63) is 0 Å². The van der Waals surface area contributed by atoms with Crippen LogP contribution in [0.2, 0.25) is 0 Å². The molecule has 3 unspecified atom stereocenters. The SMILES string of the molecule is CC(CN)CCN1CC2CCCCN2CC1C. The average Bonchev–Trinajstić information content (AvgIpc) is 2.35. The van der Waals surface area contributed by atoms with Gasteiger partial charge in [-0.05, 0) is 51.7 Å². The van der Waals surface area contributed by atoms with Crippen LogP contribution in [0.1, 0.15) is 39.5 Å². The van der Waals surface area contributed by atoms with Crippen LogP contribution in [0.3, 0.4) is 0 Å². The summed E-state index contributed by atoms with van der Waals surface area (Å²) in [6, 6.07) is 1.57. The van der Waals surface area contributed by atoms with E-state index in [4.69, 9.17) is 5.73 Å². The number of hydrogen-bond donors (Lipinski definition) is 1. The van der Waals surface area contributed by atoms with Crippen LogP contribution >= 0.6 is 0 Å². The molecule has 100 valence electrons. The summed E-state index contributed by atoms with van der Waals surface area (Å²) in [7, 11) is 0. The maximum atomic E-state index is 5.70. The number of hydrogen-bond acceptors (Lipinski definition) is 3. The summed E-state index contributed by atoms with van der Waals surface area (Å²) in [6.45, 7) is 10.6. The minimum Gasteiger partial charge on any atom is -0.330 e. The van der Waals surface area contributed by atoms with Gasteiger partial charge < -0.3 is 5.73 Å². The van der Waals surface area contributed by atoms with E-state index in [2.05, 4.69) is 23.6 Å². The molecular weight excluding hydrogens is 210 g/mol. The van der Waals surface area contributed by atoms with Crippen LogP contribution in [-0.2, 0) is 0 Å².